The second kappa shape index (κ2) is 21.8. The van der Waals surface area contributed by atoms with Crippen LogP contribution in [0.3, 0.4) is 0 Å². The van der Waals surface area contributed by atoms with Crippen molar-refractivity contribution in [2.24, 2.45) is 5.41 Å². The zero-order valence-electron chi connectivity index (χ0n) is 28.7. The Labute approximate surface area is 314 Å². The van der Waals surface area contributed by atoms with E-state index in [4.69, 9.17) is 21.0 Å². The van der Waals surface area contributed by atoms with Crippen LogP contribution in [0.4, 0.5) is 0 Å². The molecule has 0 amide bonds. The Morgan fingerprint density at radius 1 is 0.608 bits per heavy atom. The molecule has 0 atom stereocenters. The molecule has 0 saturated heterocycles. The van der Waals surface area contributed by atoms with Gasteiger partial charge < -0.3 is 31.6 Å². The topological polar surface area (TPSA) is 179 Å². The van der Waals surface area contributed by atoms with E-state index in [0.29, 0.717) is 17.8 Å². The third kappa shape index (κ3) is 11.1. The Morgan fingerprint density at radius 2 is 0.902 bits per heavy atom. The van der Waals surface area contributed by atoms with Crippen LogP contribution < -0.4 is 47.4 Å². The van der Waals surface area contributed by atoms with Crippen LogP contribution in [0.5, 0.6) is 5.88 Å². The first-order valence-electron chi connectivity index (χ1n) is 15.5. The van der Waals surface area contributed by atoms with Crippen molar-refractivity contribution in [1.82, 2.24) is 9.78 Å². The van der Waals surface area contributed by atoms with Gasteiger partial charge in [0, 0.05) is 33.4 Å². The monoisotopic (exact) mass is 788 g/mol. The van der Waals surface area contributed by atoms with Crippen LogP contribution in [0, 0.1) is 12.3 Å². The van der Waals surface area contributed by atoms with Crippen molar-refractivity contribution >= 4 is 34.3 Å². The molecule has 0 N–H and O–H groups in total. The maximum Gasteiger partial charge on any atom is 0.166 e. The molecular formula is C40H39MoN2O7P-6. The number of nitrogens with zero attached hydrogens (tertiary/aromatic N) is 2. The average molecular weight is 787 g/mol. The minimum Gasteiger partial charge on any atom is -2.00 e. The quantitative estimate of drug-likeness (QED) is 0.0784. The van der Waals surface area contributed by atoms with Crippen LogP contribution in [-0.2, 0) is 26.5 Å². The minimum absolute atomic E-state index is 0. The van der Waals surface area contributed by atoms with Gasteiger partial charge in [-0.2, -0.15) is 5.10 Å². The van der Waals surface area contributed by atoms with Gasteiger partial charge in [-0.3, -0.25) is 4.79 Å². The fraction of sp³-hybridized carbons (Fsp3) is 0.150. The molecule has 6 aromatic rings. The number of carbonyl (C=O) groups is 1. The number of carbonyl (C=O) groups excluding carboxylic acids is 1. The normalized spacial score (nSPS) is 10.3. The Bertz CT molecular complexity index is 1670. The Hall–Kier alpha value is -4.30. The van der Waals surface area contributed by atoms with Gasteiger partial charge in [-0.25, -0.2) is 4.68 Å². The number of aryl methyl sites for hydroxylation is 1. The van der Waals surface area contributed by atoms with Crippen LogP contribution in [-0.4, -0.2) is 15.6 Å². The van der Waals surface area contributed by atoms with Crippen molar-refractivity contribution in [3.8, 4) is 11.6 Å². The average Bonchev–Trinajstić information content (AvgIpc) is 3.45. The van der Waals surface area contributed by atoms with Gasteiger partial charge in [0.05, 0.1) is 16.9 Å². The minimum atomic E-state index is -1.91. The molecule has 0 aliphatic carbocycles. The summed E-state index contributed by atoms with van der Waals surface area (Å²) in [6.45, 7) is 7.64. The summed E-state index contributed by atoms with van der Waals surface area (Å²) >= 11 is 0. The first-order chi connectivity index (χ1) is 23.7. The number of hydrogen-bond acceptors (Lipinski definition) is 7. The largest absolute Gasteiger partial charge is 2.00 e. The summed E-state index contributed by atoms with van der Waals surface area (Å²) in [4.78, 5) is 12.3. The molecule has 0 radical (unpaired) electrons. The molecule has 0 bridgehead atoms. The second-order valence-electron chi connectivity index (χ2n) is 12.2. The van der Waals surface area contributed by atoms with Gasteiger partial charge in [0.1, 0.15) is 28.5 Å². The molecule has 11 heteroatoms. The van der Waals surface area contributed by atoms with Crippen LogP contribution in [0.15, 0.2) is 152 Å². The SMILES string of the molecule is Cc1nn(-c2ccccc2)c([O-])c1C(=O)CC(C)(C)C.[Mo].[O-2].[O-][O-].[O-][O-].c1ccc([P+](c2ccccc2)(c2ccccc2)c2ccccc2)cc1. The Morgan fingerprint density at radius 3 is 1.20 bits per heavy atom. The van der Waals surface area contributed by atoms with E-state index in [1.54, 1.807) is 19.1 Å². The number of aromatic nitrogens is 2. The fourth-order valence-corrected chi connectivity index (χ4v) is 9.91. The zero-order valence-corrected chi connectivity index (χ0v) is 31.6. The maximum atomic E-state index is 12.4. The molecule has 0 unspecified atom stereocenters. The van der Waals surface area contributed by atoms with E-state index < -0.39 is 7.26 Å². The molecule has 0 fully saturated rings. The number of rotatable bonds is 7. The van der Waals surface area contributed by atoms with Crippen molar-refractivity contribution in [3.63, 3.8) is 0 Å². The van der Waals surface area contributed by atoms with Crippen LogP contribution >= 0.6 is 7.26 Å². The van der Waals surface area contributed by atoms with E-state index in [1.807, 2.05) is 39.0 Å². The molecule has 0 aliphatic rings. The molecular weight excluding hydrogens is 747 g/mol. The Kier molecular flexibility index (Phi) is 19.1. The van der Waals surface area contributed by atoms with E-state index in [9.17, 15) is 9.90 Å². The van der Waals surface area contributed by atoms with Crippen molar-refractivity contribution < 1.29 is 57.5 Å². The summed E-state index contributed by atoms with van der Waals surface area (Å²) in [5.74, 6) is -0.467. The van der Waals surface area contributed by atoms with Gasteiger partial charge in [-0.05, 0) is 73.0 Å². The molecule has 0 saturated carbocycles. The molecule has 268 valence electrons. The van der Waals surface area contributed by atoms with Crippen LogP contribution in [0.25, 0.3) is 5.69 Å². The number of Topliss-reactive ketones (excluding diaryl/α,β-unsaturated/α-hetero) is 1. The van der Waals surface area contributed by atoms with E-state index >= 15 is 0 Å². The third-order valence-electron chi connectivity index (χ3n) is 7.56. The van der Waals surface area contributed by atoms with E-state index in [1.165, 1.54) is 25.9 Å². The predicted molar refractivity (Wildman–Crippen MR) is 188 cm³/mol. The van der Waals surface area contributed by atoms with Crippen molar-refractivity contribution in [3.05, 3.63) is 163 Å². The summed E-state index contributed by atoms with van der Waals surface area (Å²) in [5, 5.41) is 50.2. The fourth-order valence-electron chi connectivity index (χ4n) is 5.64. The number of benzene rings is 5. The maximum absolute atomic E-state index is 12.4. The van der Waals surface area contributed by atoms with Gasteiger partial charge >= 0.3 is 0 Å². The molecule has 0 aliphatic heterocycles. The summed E-state index contributed by atoms with van der Waals surface area (Å²) in [7, 11) is -1.91. The van der Waals surface area contributed by atoms with Crippen molar-refractivity contribution in [2.75, 3.05) is 0 Å². The zero-order chi connectivity index (χ0) is 35.9. The third-order valence-corrected chi connectivity index (χ3v) is 11.9. The number of ketones is 1. The Balaban J connectivity index is 0.000000458. The van der Waals surface area contributed by atoms with E-state index in [-0.39, 0.29) is 49.2 Å². The van der Waals surface area contributed by atoms with Crippen molar-refractivity contribution in [1.29, 1.82) is 0 Å². The first kappa shape index (κ1) is 44.7. The second-order valence-corrected chi connectivity index (χ2v) is 15.6. The van der Waals surface area contributed by atoms with Crippen molar-refractivity contribution in [2.45, 2.75) is 34.1 Å². The van der Waals surface area contributed by atoms with E-state index in [2.05, 4.69) is 126 Å². The predicted octanol–water partition coefficient (Wildman–Crippen LogP) is 2.30. The molecule has 1 aromatic heterocycles. The van der Waals surface area contributed by atoms with Gasteiger partial charge in [-0.1, -0.05) is 112 Å². The molecule has 0 spiro atoms. The molecule has 5 aromatic carbocycles. The summed E-state index contributed by atoms with van der Waals surface area (Å²) in [5.41, 5.74) is 1.23. The molecule has 9 nitrogen and oxygen atoms in total. The van der Waals surface area contributed by atoms with Gasteiger partial charge in [0.15, 0.2) is 5.78 Å². The van der Waals surface area contributed by atoms with Gasteiger partial charge in [-0.15, -0.1) is 0 Å². The number of hydrogen-bond donors (Lipinski definition) is 0. The number of para-hydroxylation sites is 1. The van der Waals surface area contributed by atoms with Gasteiger partial charge in [0.2, 0.25) is 0 Å². The van der Waals surface area contributed by atoms with Gasteiger partial charge in [0.25, 0.3) is 0 Å². The molecule has 6 rings (SSSR count). The van der Waals surface area contributed by atoms with Crippen LogP contribution in [0.1, 0.15) is 43.2 Å². The summed E-state index contributed by atoms with van der Waals surface area (Å²) in [6, 6.07) is 53.0. The summed E-state index contributed by atoms with van der Waals surface area (Å²) in [6.07, 6.45) is 0.337. The molecule has 51 heavy (non-hydrogen) atoms. The summed E-state index contributed by atoms with van der Waals surface area (Å²) < 4.78 is 1.30. The first-order valence-corrected chi connectivity index (χ1v) is 17.3. The standard InChI is InChI=1S/C24H20P.C16H20N2O2.Mo.2O2.O/c1-5-13-21(14-6-1)25(22-15-7-2-8-16-22,23-17-9-3-10-18-23)24-19-11-4-12-20-24;1-11-14(13(19)10-16(2,3)4)15(20)18(17-11)12-8-6-5-7-9-12;;2*1-2;/h1-20H;5-9,20H,10H2,1-4H3;;;;/q+1;;;3*-2/p-1. The molecule has 1 heterocycles. The van der Waals surface area contributed by atoms with E-state index in [0.717, 1.165) is 0 Å². The smallest absolute Gasteiger partial charge is 0.166 e. The van der Waals surface area contributed by atoms with Crippen LogP contribution in [0.2, 0.25) is 0 Å².